The maximum atomic E-state index is 15.8. The van der Waals surface area contributed by atoms with Crippen molar-refractivity contribution in [1.82, 2.24) is 19.4 Å². The van der Waals surface area contributed by atoms with Gasteiger partial charge in [-0.2, -0.15) is 4.98 Å². The molecule has 12 heteroatoms. The molecule has 9 nitrogen and oxygen atoms in total. The lowest BCUT2D eigenvalue weighted by Gasteiger charge is -2.40. The molecule has 1 fully saturated rings. The Morgan fingerprint density at radius 2 is 1.79 bits per heavy atom. The van der Waals surface area contributed by atoms with E-state index >= 15 is 4.39 Å². The Bertz CT molecular complexity index is 1940. The molecule has 1 amide bonds. The van der Waals surface area contributed by atoms with E-state index in [1.807, 2.05) is 6.92 Å². The number of aryl methyl sites for hydroxylation is 1. The standard InChI is InChI=1S/C31H31F2N5O4S/c1-6-26(39)36-14-15-37(20(5)17-36)29-22-16-24(33)27(21-11-7-8-12-23(21)32)34-30(22)38(31(40)35-29)28-19(4)10-9-13-25(28)43(41,42)18(2)3/h6-13,16,18,20H,1,14-15,17H2,2-5H3/t20-/m0/s1. The minimum absolute atomic E-state index is 0.0401. The number of rotatable bonds is 6. The Labute approximate surface area is 248 Å². The third-order valence-electron chi connectivity index (χ3n) is 7.67. The Hall–Kier alpha value is -4.45. The molecule has 224 valence electrons. The minimum atomic E-state index is -3.90. The average molecular weight is 608 g/mol. The Morgan fingerprint density at radius 3 is 2.44 bits per heavy atom. The van der Waals surface area contributed by atoms with E-state index in [2.05, 4.69) is 16.5 Å². The van der Waals surface area contributed by atoms with E-state index in [-0.39, 0.29) is 57.2 Å². The van der Waals surface area contributed by atoms with Crippen LogP contribution in [0.2, 0.25) is 0 Å². The first-order valence-corrected chi connectivity index (χ1v) is 15.3. The van der Waals surface area contributed by atoms with Crippen molar-refractivity contribution in [1.29, 1.82) is 0 Å². The van der Waals surface area contributed by atoms with Crippen LogP contribution < -0.4 is 10.6 Å². The maximum absolute atomic E-state index is 15.8. The van der Waals surface area contributed by atoms with Gasteiger partial charge in [0, 0.05) is 31.2 Å². The summed E-state index contributed by atoms with van der Waals surface area (Å²) in [4.78, 5) is 38.3. The summed E-state index contributed by atoms with van der Waals surface area (Å²) in [5.74, 6) is -1.67. The number of sulfone groups is 1. The molecule has 43 heavy (non-hydrogen) atoms. The zero-order valence-corrected chi connectivity index (χ0v) is 25.0. The summed E-state index contributed by atoms with van der Waals surface area (Å²) < 4.78 is 58.7. The Kier molecular flexibility index (Phi) is 7.91. The van der Waals surface area contributed by atoms with Crippen LogP contribution in [-0.2, 0) is 14.6 Å². The number of amides is 1. The lowest BCUT2D eigenvalue weighted by atomic mass is 10.1. The molecule has 1 aliphatic heterocycles. The molecule has 0 radical (unpaired) electrons. The van der Waals surface area contributed by atoms with Crippen LogP contribution in [0.3, 0.4) is 0 Å². The highest BCUT2D eigenvalue weighted by Gasteiger charge is 2.32. The largest absolute Gasteiger partial charge is 0.355 e. The van der Waals surface area contributed by atoms with Crippen LogP contribution in [-0.4, -0.2) is 64.7 Å². The zero-order chi connectivity index (χ0) is 31.2. The van der Waals surface area contributed by atoms with Gasteiger partial charge in [-0.1, -0.05) is 30.8 Å². The topological polar surface area (TPSA) is 105 Å². The van der Waals surface area contributed by atoms with Crippen molar-refractivity contribution >= 4 is 32.6 Å². The van der Waals surface area contributed by atoms with E-state index in [0.29, 0.717) is 18.7 Å². The number of fused-ring (bicyclic) bond motifs is 1. The van der Waals surface area contributed by atoms with Crippen LogP contribution >= 0.6 is 0 Å². The van der Waals surface area contributed by atoms with Gasteiger partial charge in [0.1, 0.15) is 23.1 Å². The summed E-state index contributed by atoms with van der Waals surface area (Å²) in [5, 5.41) is -0.680. The molecule has 0 spiro atoms. The average Bonchev–Trinajstić information content (AvgIpc) is 2.97. The lowest BCUT2D eigenvalue weighted by Crippen LogP contribution is -2.54. The molecule has 1 atom stereocenters. The lowest BCUT2D eigenvalue weighted by molar-refractivity contribution is -0.126. The number of pyridine rings is 1. The van der Waals surface area contributed by atoms with Crippen molar-refractivity contribution in [2.45, 2.75) is 43.9 Å². The molecule has 0 N–H and O–H groups in total. The van der Waals surface area contributed by atoms with Gasteiger partial charge in [-0.25, -0.2) is 31.5 Å². The predicted octanol–water partition coefficient (Wildman–Crippen LogP) is 4.44. The van der Waals surface area contributed by atoms with E-state index < -0.39 is 32.4 Å². The van der Waals surface area contributed by atoms with E-state index in [0.717, 1.165) is 10.6 Å². The molecule has 2 aromatic carbocycles. The quantitative estimate of drug-likeness (QED) is 0.299. The highest BCUT2D eigenvalue weighted by Crippen LogP contribution is 2.34. The van der Waals surface area contributed by atoms with Gasteiger partial charge >= 0.3 is 5.69 Å². The highest BCUT2D eigenvalue weighted by atomic mass is 32.2. The molecule has 5 rings (SSSR count). The van der Waals surface area contributed by atoms with Gasteiger partial charge in [-0.15, -0.1) is 0 Å². The SMILES string of the molecule is C=CC(=O)N1CCN(c2nc(=O)n(-c3c(C)cccc3S(=O)(=O)C(C)C)c3nc(-c4ccccc4F)c(F)cc23)[C@@H](C)C1. The third-order valence-corrected chi connectivity index (χ3v) is 9.85. The second-order valence-corrected chi connectivity index (χ2v) is 13.2. The molecule has 0 aliphatic carbocycles. The number of carbonyl (C=O) groups is 1. The Morgan fingerprint density at radius 1 is 1.07 bits per heavy atom. The summed E-state index contributed by atoms with van der Waals surface area (Å²) in [6.07, 6.45) is 1.23. The second kappa shape index (κ2) is 11.3. The van der Waals surface area contributed by atoms with Gasteiger partial charge in [0.25, 0.3) is 0 Å². The first-order valence-electron chi connectivity index (χ1n) is 13.8. The summed E-state index contributed by atoms with van der Waals surface area (Å²) in [7, 11) is -3.90. The number of anilines is 1. The molecular weight excluding hydrogens is 576 g/mol. The summed E-state index contributed by atoms with van der Waals surface area (Å²) in [5.41, 5.74) is -0.897. The number of piperazine rings is 1. The minimum Gasteiger partial charge on any atom is -0.350 e. The van der Waals surface area contributed by atoms with Crippen molar-refractivity contribution in [3.8, 4) is 16.9 Å². The van der Waals surface area contributed by atoms with E-state index in [1.165, 1.54) is 50.3 Å². The number of carbonyl (C=O) groups excluding carboxylic acids is 1. The predicted molar refractivity (Wildman–Crippen MR) is 161 cm³/mol. The zero-order valence-electron chi connectivity index (χ0n) is 24.2. The van der Waals surface area contributed by atoms with Gasteiger partial charge in [0.05, 0.1) is 21.2 Å². The summed E-state index contributed by atoms with van der Waals surface area (Å²) in [6, 6.07) is 11.0. The van der Waals surface area contributed by atoms with Gasteiger partial charge in [0.2, 0.25) is 5.91 Å². The number of nitrogens with zero attached hydrogens (tertiary/aromatic N) is 5. The van der Waals surface area contributed by atoms with Crippen molar-refractivity contribution in [2.75, 3.05) is 24.5 Å². The molecule has 0 unspecified atom stereocenters. The first kappa shape index (κ1) is 30.0. The van der Waals surface area contributed by atoms with E-state index in [9.17, 15) is 22.4 Å². The fraction of sp³-hybridized carbons (Fsp3) is 0.290. The number of halogens is 2. The summed E-state index contributed by atoms with van der Waals surface area (Å²) >= 11 is 0. The van der Waals surface area contributed by atoms with Crippen LogP contribution in [0.15, 0.2) is 70.9 Å². The van der Waals surface area contributed by atoms with Crippen molar-refractivity contribution in [3.05, 3.63) is 88.9 Å². The van der Waals surface area contributed by atoms with Gasteiger partial charge in [-0.05, 0) is 63.6 Å². The van der Waals surface area contributed by atoms with Gasteiger partial charge in [-0.3, -0.25) is 4.79 Å². The number of benzene rings is 2. The molecule has 0 bridgehead atoms. The monoisotopic (exact) mass is 607 g/mol. The van der Waals surface area contributed by atoms with Crippen molar-refractivity contribution in [3.63, 3.8) is 0 Å². The highest BCUT2D eigenvalue weighted by molar-refractivity contribution is 7.92. The van der Waals surface area contributed by atoms with Crippen LogP contribution in [0, 0.1) is 18.6 Å². The van der Waals surface area contributed by atoms with Crippen molar-refractivity contribution in [2.24, 2.45) is 0 Å². The van der Waals surface area contributed by atoms with Crippen LogP contribution in [0.4, 0.5) is 14.6 Å². The second-order valence-electron chi connectivity index (χ2n) is 10.8. The number of hydrogen-bond acceptors (Lipinski definition) is 7. The van der Waals surface area contributed by atoms with Crippen LogP contribution in [0.1, 0.15) is 26.3 Å². The Balaban J connectivity index is 1.85. The molecule has 1 saturated heterocycles. The maximum Gasteiger partial charge on any atom is 0.355 e. The molecule has 1 aliphatic rings. The molecular formula is C31H31F2N5O4S. The summed E-state index contributed by atoms with van der Waals surface area (Å²) in [6.45, 7) is 11.0. The number of para-hydroxylation sites is 1. The first-order chi connectivity index (χ1) is 20.4. The van der Waals surface area contributed by atoms with Crippen LogP contribution in [0.5, 0.6) is 0 Å². The van der Waals surface area contributed by atoms with Crippen molar-refractivity contribution < 1.29 is 22.0 Å². The molecule has 3 heterocycles. The third kappa shape index (κ3) is 5.20. The number of hydrogen-bond donors (Lipinski definition) is 0. The fourth-order valence-corrected chi connectivity index (χ4v) is 6.67. The smallest absolute Gasteiger partial charge is 0.350 e. The fourth-order valence-electron chi connectivity index (χ4n) is 5.37. The number of aromatic nitrogens is 3. The van der Waals surface area contributed by atoms with Gasteiger partial charge < -0.3 is 9.80 Å². The molecule has 4 aromatic rings. The normalized spacial score (nSPS) is 15.7. The van der Waals surface area contributed by atoms with Gasteiger partial charge in [0.15, 0.2) is 15.5 Å². The van der Waals surface area contributed by atoms with E-state index in [4.69, 9.17) is 0 Å². The molecule has 2 aromatic heterocycles. The molecule has 0 saturated carbocycles. The van der Waals surface area contributed by atoms with E-state index in [1.54, 1.807) is 28.9 Å². The van der Waals surface area contributed by atoms with Crippen LogP contribution in [0.25, 0.3) is 28.0 Å².